The minimum Gasteiger partial charge on any atom is -0.396 e. The second-order valence-electron chi connectivity index (χ2n) is 3.98. The minimum absolute atomic E-state index is 0.0498. The van der Waals surface area contributed by atoms with Gasteiger partial charge in [0.05, 0.1) is 17.3 Å². The van der Waals surface area contributed by atoms with Gasteiger partial charge in [-0.25, -0.2) is 4.52 Å². The largest absolute Gasteiger partial charge is 0.396 e. The molecule has 0 aromatic carbocycles. The van der Waals surface area contributed by atoms with E-state index in [0.29, 0.717) is 12.0 Å². The second kappa shape index (κ2) is 4.97. The van der Waals surface area contributed by atoms with Crippen LogP contribution in [0.15, 0.2) is 30.6 Å². The van der Waals surface area contributed by atoms with Crippen molar-refractivity contribution in [2.75, 3.05) is 6.61 Å². The third kappa shape index (κ3) is 2.45. The molecule has 90 valence electrons. The zero-order valence-electron chi connectivity index (χ0n) is 9.63. The molecule has 2 heterocycles. The predicted octanol–water partition coefficient (Wildman–Crippen LogP) is 0.835. The molecule has 5 heteroatoms. The molecular weight excluding hydrogens is 218 g/mol. The summed E-state index contributed by atoms with van der Waals surface area (Å²) in [6, 6.07) is 5.52. The number of fused-ring (bicyclic) bond motifs is 1. The Morgan fingerprint density at radius 3 is 3.18 bits per heavy atom. The number of amides is 1. The zero-order valence-corrected chi connectivity index (χ0v) is 9.63. The molecule has 0 saturated heterocycles. The molecule has 0 fully saturated rings. The van der Waals surface area contributed by atoms with Crippen molar-refractivity contribution in [1.82, 2.24) is 14.9 Å². The van der Waals surface area contributed by atoms with Gasteiger partial charge in [0.1, 0.15) is 0 Å². The Kier molecular flexibility index (Phi) is 3.39. The average Bonchev–Trinajstić information content (AvgIpc) is 2.72. The molecule has 5 nitrogen and oxygen atoms in total. The topological polar surface area (TPSA) is 66.6 Å². The lowest BCUT2D eigenvalue weighted by atomic mass is 10.2. The standard InChI is InChI=1S/C12H15N3O2/c1-9(5-7-16)14-12(17)10-8-13-15-6-3-2-4-11(10)15/h2-4,6,8-9,16H,5,7H2,1H3,(H,14,17). The summed E-state index contributed by atoms with van der Waals surface area (Å²) in [5.74, 6) is -0.160. The molecule has 2 aromatic heterocycles. The second-order valence-corrected chi connectivity index (χ2v) is 3.98. The maximum Gasteiger partial charge on any atom is 0.255 e. The van der Waals surface area contributed by atoms with Crippen LogP contribution in [0.5, 0.6) is 0 Å². The quantitative estimate of drug-likeness (QED) is 0.822. The van der Waals surface area contributed by atoms with E-state index in [1.807, 2.05) is 25.1 Å². The van der Waals surface area contributed by atoms with E-state index in [0.717, 1.165) is 5.52 Å². The van der Waals surface area contributed by atoms with Gasteiger partial charge >= 0.3 is 0 Å². The Bertz CT molecular complexity index is 521. The van der Waals surface area contributed by atoms with Crippen LogP contribution in [-0.2, 0) is 0 Å². The first-order chi connectivity index (χ1) is 8.22. The zero-order chi connectivity index (χ0) is 12.3. The van der Waals surface area contributed by atoms with E-state index in [9.17, 15) is 4.79 Å². The lowest BCUT2D eigenvalue weighted by Gasteiger charge is -2.11. The normalized spacial score (nSPS) is 12.6. The van der Waals surface area contributed by atoms with E-state index in [4.69, 9.17) is 5.11 Å². The van der Waals surface area contributed by atoms with Crippen molar-refractivity contribution in [2.24, 2.45) is 0 Å². The number of aliphatic hydroxyl groups is 1. The highest BCUT2D eigenvalue weighted by Gasteiger charge is 2.14. The number of nitrogens with one attached hydrogen (secondary N) is 1. The van der Waals surface area contributed by atoms with E-state index in [-0.39, 0.29) is 18.6 Å². The predicted molar refractivity (Wildman–Crippen MR) is 63.8 cm³/mol. The Morgan fingerprint density at radius 1 is 1.59 bits per heavy atom. The summed E-state index contributed by atoms with van der Waals surface area (Å²) in [5, 5.41) is 15.7. The molecular formula is C12H15N3O2. The van der Waals surface area contributed by atoms with Crippen molar-refractivity contribution in [1.29, 1.82) is 0 Å². The fourth-order valence-electron chi connectivity index (χ4n) is 1.68. The number of hydrogen-bond donors (Lipinski definition) is 2. The first kappa shape index (κ1) is 11.6. The summed E-state index contributed by atoms with van der Waals surface area (Å²) >= 11 is 0. The number of carbonyl (C=O) groups is 1. The van der Waals surface area contributed by atoms with Gasteiger partial charge in [-0.1, -0.05) is 6.07 Å². The van der Waals surface area contributed by atoms with E-state index >= 15 is 0 Å². The van der Waals surface area contributed by atoms with Crippen LogP contribution in [0, 0.1) is 0 Å². The van der Waals surface area contributed by atoms with E-state index < -0.39 is 0 Å². The van der Waals surface area contributed by atoms with Gasteiger partial charge in [-0.15, -0.1) is 0 Å². The molecule has 0 aliphatic rings. The Hall–Kier alpha value is -1.88. The molecule has 1 amide bonds. The molecule has 2 aromatic rings. The molecule has 1 atom stereocenters. The van der Waals surface area contributed by atoms with Crippen molar-refractivity contribution >= 4 is 11.4 Å². The third-order valence-electron chi connectivity index (χ3n) is 2.61. The van der Waals surface area contributed by atoms with Crippen LogP contribution < -0.4 is 5.32 Å². The van der Waals surface area contributed by atoms with Crippen molar-refractivity contribution in [3.8, 4) is 0 Å². The minimum atomic E-state index is -0.160. The molecule has 0 bridgehead atoms. The van der Waals surface area contributed by atoms with Crippen molar-refractivity contribution in [3.05, 3.63) is 36.2 Å². The number of aromatic nitrogens is 2. The molecule has 17 heavy (non-hydrogen) atoms. The van der Waals surface area contributed by atoms with Crippen LogP contribution in [0.4, 0.5) is 0 Å². The number of pyridine rings is 1. The number of nitrogens with zero attached hydrogens (tertiary/aromatic N) is 2. The van der Waals surface area contributed by atoms with Gasteiger partial charge in [0.15, 0.2) is 0 Å². The van der Waals surface area contributed by atoms with Gasteiger partial charge in [0.2, 0.25) is 0 Å². The number of carbonyl (C=O) groups excluding carboxylic acids is 1. The fraction of sp³-hybridized carbons (Fsp3) is 0.333. The van der Waals surface area contributed by atoms with Gasteiger partial charge in [-0.2, -0.15) is 5.10 Å². The summed E-state index contributed by atoms with van der Waals surface area (Å²) in [7, 11) is 0. The van der Waals surface area contributed by atoms with Gasteiger partial charge in [0.25, 0.3) is 5.91 Å². The maximum absolute atomic E-state index is 12.0. The Labute approximate surface area is 99.1 Å². The monoisotopic (exact) mass is 233 g/mol. The lowest BCUT2D eigenvalue weighted by Crippen LogP contribution is -2.33. The smallest absolute Gasteiger partial charge is 0.255 e. The van der Waals surface area contributed by atoms with Crippen LogP contribution in [-0.4, -0.2) is 33.3 Å². The van der Waals surface area contributed by atoms with Crippen LogP contribution in [0.25, 0.3) is 5.52 Å². The fourth-order valence-corrected chi connectivity index (χ4v) is 1.68. The molecule has 0 radical (unpaired) electrons. The Balaban J connectivity index is 2.19. The molecule has 0 aliphatic carbocycles. The molecule has 0 spiro atoms. The highest BCUT2D eigenvalue weighted by Crippen LogP contribution is 2.10. The summed E-state index contributed by atoms with van der Waals surface area (Å²) in [5.41, 5.74) is 1.33. The highest BCUT2D eigenvalue weighted by molar-refractivity contribution is 6.00. The van der Waals surface area contributed by atoms with Gasteiger partial charge in [0, 0.05) is 18.8 Å². The van der Waals surface area contributed by atoms with Gasteiger partial charge < -0.3 is 10.4 Å². The van der Waals surface area contributed by atoms with Crippen LogP contribution >= 0.6 is 0 Å². The number of aliphatic hydroxyl groups excluding tert-OH is 1. The summed E-state index contributed by atoms with van der Waals surface area (Å²) in [6.07, 6.45) is 3.89. The molecule has 2 N–H and O–H groups in total. The van der Waals surface area contributed by atoms with E-state index in [2.05, 4.69) is 10.4 Å². The number of rotatable bonds is 4. The number of hydrogen-bond acceptors (Lipinski definition) is 3. The maximum atomic E-state index is 12.0. The Morgan fingerprint density at radius 2 is 2.41 bits per heavy atom. The van der Waals surface area contributed by atoms with E-state index in [1.165, 1.54) is 0 Å². The van der Waals surface area contributed by atoms with Crippen LogP contribution in [0.1, 0.15) is 23.7 Å². The van der Waals surface area contributed by atoms with Crippen molar-refractivity contribution in [2.45, 2.75) is 19.4 Å². The molecule has 2 rings (SSSR count). The third-order valence-corrected chi connectivity index (χ3v) is 2.61. The van der Waals surface area contributed by atoms with Crippen LogP contribution in [0.2, 0.25) is 0 Å². The van der Waals surface area contributed by atoms with Crippen molar-refractivity contribution < 1.29 is 9.90 Å². The van der Waals surface area contributed by atoms with E-state index in [1.54, 1.807) is 16.9 Å². The summed E-state index contributed by atoms with van der Waals surface area (Å²) in [4.78, 5) is 12.0. The summed E-state index contributed by atoms with van der Waals surface area (Å²) < 4.78 is 1.66. The lowest BCUT2D eigenvalue weighted by molar-refractivity contribution is 0.0936. The molecule has 0 saturated carbocycles. The highest BCUT2D eigenvalue weighted by atomic mass is 16.3. The average molecular weight is 233 g/mol. The molecule has 1 unspecified atom stereocenters. The first-order valence-electron chi connectivity index (χ1n) is 5.56. The van der Waals surface area contributed by atoms with Gasteiger partial charge in [-0.05, 0) is 25.5 Å². The first-order valence-corrected chi connectivity index (χ1v) is 5.56. The van der Waals surface area contributed by atoms with Gasteiger partial charge in [-0.3, -0.25) is 4.79 Å². The SMILES string of the molecule is CC(CCO)NC(=O)c1cnn2ccccc12. The molecule has 0 aliphatic heterocycles. The van der Waals surface area contributed by atoms with Crippen LogP contribution in [0.3, 0.4) is 0 Å². The van der Waals surface area contributed by atoms with Crippen molar-refractivity contribution in [3.63, 3.8) is 0 Å². The summed E-state index contributed by atoms with van der Waals surface area (Å²) in [6.45, 7) is 1.93.